The Kier molecular flexibility index (Phi) is 2.15. The van der Waals surface area contributed by atoms with Gasteiger partial charge in [0.2, 0.25) is 0 Å². The van der Waals surface area contributed by atoms with Gasteiger partial charge in [0.15, 0.2) is 0 Å². The van der Waals surface area contributed by atoms with E-state index < -0.39 is 0 Å². The van der Waals surface area contributed by atoms with Crippen LogP contribution in [-0.2, 0) is 0 Å². The van der Waals surface area contributed by atoms with E-state index in [1.54, 1.807) is 6.20 Å². The molecule has 0 spiro atoms. The van der Waals surface area contributed by atoms with Crippen LogP contribution in [0.5, 0.6) is 0 Å². The van der Waals surface area contributed by atoms with E-state index >= 15 is 0 Å². The first-order valence-corrected chi connectivity index (χ1v) is 4.94. The van der Waals surface area contributed by atoms with Gasteiger partial charge in [-0.1, -0.05) is 0 Å². The average molecular weight is 192 g/mol. The van der Waals surface area contributed by atoms with Gasteiger partial charge in [-0.15, -0.1) is 0 Å². The molecule has 4 nitrogen and oxygen atoms in total. The maximum atomic E-state index is 5.69. The van der Waals surface area contributed by atoms with Gasteiger partial charge in [-0.2, -0.15) is 0 Å². The van der Waals surface area contributed by atoms with Crippen LogP contribution in [-0.4, -0.2) is 22.1 Å². The molecule has 3 N–H and O–H groups in total. The topological polar surface area (TPSA) is 63.8 Å². The summed E-state index contributed by atoms with van der Waals surface area (Å²) in [6.07, 6.45) is 4.06. The summed E-state index contributed by atoms with van der Waals surface area (Å²) in [4.78, 5) is 8.68. The van der Waals surface area contributed by atoms with E-state index in [0.717, 1.165) is 30.0 Å². The van der Waals surface area contributed by atoms with Gasteiger partial charge in [0, 0.05) is 12.7 Å². The summed E-state index contributed by atoms with van der Waals surface area (Å²) in [5.41, 5.74) is 7.67. The zero-order valence-electron chi connectivity index (χ0n) is 8.67. The molecule has 76 valence electrons. The monoisotopic (exact) mass is 192 g/mol. The van der Waals surface area contributed by atoms with Crippen LogP contribution in [0.4, 0.5) is 5.82 Å². The van der Waals surface area contributed by atoms with Crippen molar-refractivity contribution in [3.05, 3.63) is 17.6 Å². The lowest BCUT2D eigenvalue weighted by atomic mass is 10.2. The molecule has 1 aromatic heterocycles. The summed E-state index contributed by atoms with van der Waals surface area (Å²) in [5, 5.41) is 3.39. The van der Waals surface area contributed by atoms with Crippen molar-refractivity contribution >= 4 is 5.82 Å². The summed E-state index contributed by atoms with van der Waals surface area (Å²) in [6.45, 7) is 4.57. The highest BCUT2D eigenvalue weighted by Crippen LogP contribution is 2.37. The zero-order chi connectivity index (χ0) is 10.2. The highest BCUT2D eigenvalue weighted by Gasteiger charge is 2.41. The van der Waals surface area contributed by atoms with Crippen molar-refractivity contribution in [2.75, 3.05) is 11.9 Å². The number of aryl methyl sites for hydroxylation is 2. The Bertz CT molecular complexity index is 344. The molecule has 0 aromatic carbocycles. The van der Waals surface area contributed by atoms with Gasteiger partial charge in [-0.25, -0.2) is 4.98 Å². The lowest BCUT2D eigenvalue weighted by Gasteiger charge is -2.16. The van der Waals surface area contributed by atoms with E-state index in [0.29, 0.717) is 6.54 Å². The van der Waals surface area contributed by atoms with E-state index in [1.807, 2.05) is 13.8 Å². The van der Waals surface area contributed by atoms with Gasteiger partial charge < -0.3 is 11.1 Å². The molecule has 0 bridgehead atoms. The summed E-state index contributed by atoms with van der Waals surface area (Å²) >= 11 is 0. The molecule has 1 heterocycles. The lowest BCUT2D eigenvalue weighted by Crippen LogP contribution is -2.31. The molecule has 0 radical (unpaired) electrons. The summed E-state index contributed by atoms with van der Waals surface area (Å²) < 4.78 is 0. The van der Waals surface area contributed by atoms with E-state index in [1.165, 1.54) is 0 Å². The first-order chi connectivity index (χ1) is 6.65. The molecular weight excluding hydrogens is 176 g/mol. The number of hydrogen-bond donors (Lipinski definition) is 2. The SMILES string of the molecule is Cc1cnc(C)c(NC2(CN)CC2)n1. The molecule has 0 aliphatic heterocycles. The summed E-state index contributed by atoms with van der Waals surface area (Å²) in [7, 11) is 0. The molecule has 4 heteroatoms. The average Bonchev–Trinajstić information content (AvgIpc) is 2.92. The van der Waals surface area contributed by atoms with Crippen molar-refractivity contribution in [3.63, 3.8) is 0 Å². The second kappa shape index (κ2) is 3.20. The fraction of sp³-hybridized carbons (Fsp3) is 0.600. The molecule has 0 saturated heterocycles. The zero-order valence-corrected chi connectivity index (χ0v) is 8.67. The normalized spacial score (nSPS) is 17.9. The van der Waals surface area contributed by atoms with Crippen molar-refractivity contribution < 1.29 is 0 Å². The maximum Gasteiger partial charge on any atom is 0.148 e. The lowest BCUT2D eigenvalue weighted by molar-refractivity contribution is 0.733. The second-order valence-electron chi connectivity index (χ2n) is 4.05. The molecular formula is C10H16N4. The molecule has 14 heavy (non-hydrogen) atoms. The van der Waals surface area contributed by atoms with Crippen molar-refractivity contribution in [1.82, 2.24) is 9.97 Å². The fourth-order valence-corrected chi connectivity index (χ4v) is 1.44. The Labute approximate surface area is 83.9 Å². The van der Waals surface area contributed by atoms with Gasteiger partial charge in [-0.05, 0) is 26.7 Å². The van der Waals surface area contributed by atoms with Crippen LogP contribution in [0.25, 0.3) is 0 Å². The number of hydrogen-bond acceptors (Lipinski definition) is 4. The van der Waals surface area contributed by atoms with Crippen LogP contribution in [0, 0.1) is 13.8 Å². The first kappa shape index (κ1) is 9.40. The molecule has 0 amide bonds. The molecule has 1 aromatic rings. The van der Waals surface area contributed by atoms with Gasteiger partial charge >= 0.3 is 0 Å². The van der Waals surface area contributed by atoms with Crippen molar-refractivity contribution in [2.24, 2.45) is 5.73 Å². The molecule has 2 rings (SSSR count). The third-order valence-corrected chi connectivity index (χ3v) is 2.70. The smallest absolute Gasteiger partial charge is 0.148 e. The first-order valence-electron chi connectivity index (χ1n) is 4.94. The van der Waals surface area contributed by atoms with Gasteiger partial charge in [0.1, 0.15) is 5.82 Å². The molecule has 1 saturated carbocycles. The second-order valence-corrected chi connectivity index (χ2v) is 4.05. The van der Waals surface area contributed by atoms with E-state index in [-0.39, 0.29) is 5.54 Å². The highest BCUT2D eigenvalue weighted by atomic mass is 15.1. The molecule has 0 unspecified atom stereocenters. The van der Waals surface area contributed by atoms with Crippen molar-refractivity contribution in [1.29, 1.82) is 0 Å². The Morgan fingerprint density at radius 3 is 2.79 bits per heavy atom. The largest absolute Gasteiger partial charge is 0.362 e. The quantitative estimate of drug-likeness (QED) is 0.749. The number of aromatic nitrogens is 2. The Balaban J connectivity index is 2.20. The van der Waals surface area contributed by atoms with Gasteiger partial charge in [-0.3, -0.25) is 4.98 Å². The third kappa shape index (κ3) is 1.70. The number of anilines is 1. The Hall–Kier alpha value is -1.16. The number of rotatable bonds is 3. The van der Waals surface area contributed by atoms with Crippen LogP contribution >= 0.6 is 0 Å². The highest BCUT2D eigenvalue weighted by molar-refractivity contribution is 5.44. The molecule has 1 aliphatic carbocycles. The third-order valence-electron chi connectivity index (χ3n) is 2.70. The van der Waals surface area contributed by atoms with Crippen molar-refractivity contribution in [2.45, 2.75) is 32.2 Å². The van der Waals surface area contributed by atoms with Crippen LogP contribution in [0.1, 0.15) is 24.2 Å². The van der Waals surface area contributed by atoms with E-state index in [2.05, 4.69) is 15.3 Å². The Morgan fingerprint density at radius 2 is 2.21 bits per heavy atom. The predicted octanol–water partition coefficient (Wildman–Crippen LogP) is 0.997. The van der Waals surface area contributed by atoms with E-state index in [4.69, 9.17) is 5.73 Å². The number of nitrogens with one attached hydrogen (secondary N) is 1. The minimum absolute atomic E-state index is 0.104. The fourth-order valence-electron chi connectivity index (χ4n) is 1.44. The molecule has 0 atom stereocenters. The number of nitrogens with zero attached hydrogens (tertiary/aromatic N) is 2. The van der Waals surface area contributed by atoms with Gasteiger partial charge in [0.05, 0.1) is 16.9 Å². The van der Waals surface area contributed by atoms with E-state index in [9.17, 15) is 0 Å². The molecule has 1 fully saturated rings. The van der Waals surface area contributed by atoms with Crippen LogP contribution in [0.3, 0.4) is 0 Å². The standard InChI is InChI=1S/C10H16N4/c1-7-5-12-8(2)9(13-7)14-10(6-11)3-4-10/h5H,3-4,6,11H2,1-2H3,(H,13,14). The van der Waals surface area contributed by atoms with Crippen molar-refractivity contribution in [3.8, 4) is 0 Å². The van der Waals surface area contributed by atoms with Crippen LogP contribution < -0.4 is 11.1 Å². The predicted molar refractivity (Wildman–Crippen MR) is 56.1 cm³/mol. The number of nitrogens with two attached hydrogens (primary N) is 1. The molecule has 1 aliphatic rings. The summed E-state index contributed by atoms with van der Waals surface area (Å²) in [5.74, 6) is 0.882. The minimum atomic E-state index is 0.104. The van der Waals surface area contributed by atoms with Gasteiger partial charge in [0.25, 0.3) is 0 Å². The van der Waals surface area contributed by atoms with Crippen LogP contribution in [0.15, 0.2) is 6.20 Å². The minimum Gasteiger partial charge on any atom is -0.362 e. The Morgan fingerprint density at radius 1 is 1.50 bits per heavy atom. The van der Waals surface area contributed by atoms with Crippen LogP contribution in [0.2, 0.25) is 0 Å². The summed E-state index contributed by atoms with van der Waals surface area (Å²) in [6, 6.07) is 0. The maximum absolute atomic E-state index is 5.69.